The van der Waals surface area contributed by atoms with E-state index in [2.05, 4.69) is 160 Å². The van der Waals surface area contributed by atoms with E-state index in [4.69, 9.17) is 0 Å². The fraction of sp³-hybridized carbons (Fsp3) is 0.450. The number of rotatable bonds is 10. The fourth-order valence-electron chi connectivity index (χ4n) is 5.97. The van der Waals surface area contributed by atoms with E-state index in [1.807, 2.05) is 0 Å². The summed E-state index contributed by atoms with van der Waals surface area (Å²) in [7, 11) is 0. The summed E-state index contributed by atoms with van der Waals surface area (Å²) in [5.41, 5.74) is 9.40. The minimum atomic E-state index is -0.221. The summed E-state index contributed by atoms with van der Waals surface area (Å²) in [4.78, 5) is 0. The second-order valence-electron chi connectivity index (χ2n) is 13.5. The molecule has 0 saturated heterocycles. The first-order valence-electron chi connectivity index (χ1n) is 15.3. The number of aliphatic hydroxyl groups excluding tert-OH is 1. The van der Waals surface area contributed by atoms with Gasteiger partial charge in [-0.1, -0.05) is 152 Å². The summed E-state index contributed by atoms with van der Waals surface area (Å²) in [5, 5.41) is 10.1. The van der Waals surface area contributed by atoms with Gasteiger partial charge in [-0.25, -0.2) is 0 Å². The van der Waals surface area contributed by atoms with Crippen LogP contribution in [0.2, 0.25) is 0 Å². The molecule has 2 rings (SSSR count). The third-order valence-corrected chi connectivity index (χ3v) is 8.39. The minimum Gasteiger partial charge on any atom is -0.393 e. The first kappa shape index (κ1) is 34.3. The lowest BCUT2D eigenvalue weighted by Crippen LogP contribution is -2.28. The van der Waals surface area contributed by atoms with Crippen LogP contribution in [0.25, 0.3) is 0 Å². The van der Waals surface area contributed by atoms with Crippen molar-refractivity contribution in [3.8, 4) is 0 Å². The van der Waals surface area contributed by atoms with Crippen molar-refractivity contribution >= 4 is 0 Å². The lowest BCUT2D eigenvalue weighted by molar-refractivity contribution is 0.116. The zero-order valence-corrected chi connectivity index (χ0v) is 27.6. The van der Waals surface area contributed by atoms with E-state index in [1.165, 1.54) is 51.9 Å². The number of hydrogen-bond donors (Lipinski definition) is 1. The molecule has 0 aromatic rings. The van der Waals surface area contributed by atoms with Crippen LogP contribution in [0.4, 0.5) is 0 Å². The molecule has 0 aliphatic heterocycles. The van der Waals surface area contributed by atoms with E-state index in [0.29, 0.717) is 11.3 Å². The Morgan fingerprint density at radius 2 is 1.27 bits per heavy atom. The van der Waals surface area contributed by atoms with Crippen LogP contribution in [0, 0.1) is 16.7 Å². The van der Waals surface area contributed by atoms with Gasteiger partial charge in [0.1, 0.15) is 0 Å². The topological polar surface area (TPSA) is 20.2 Å². The summed E-state index contributed by atoms with van der Waals surface area (Å²) >= 11 is 0. The Kier molecular flexibility index (Phi) is 13.3. The number of hydrogen-bond acceptors (Lipinski definition) is 1. The van der Waals surface area contributed by atoms with Crippen molar-refractivity contribution in [3.05, 3.63) is 130 Å². The normalized spacial score (nSPS) is 25.1. The predicted molar refractivity (Wildman–Crippen MR) is 183 cm³/mol. The molecule has 0 heterocycles. The van der Waals surface area contributed by atoms with Gasteiger partial charge in [0, 0.05) is 5.92 Å². The summed E-state index contributed by atoms with van der Waals surface area (Å²) in [6.07, 6.45) is 36.6. The molecular weight excluding hydrogens is 496 g/mol. The molecule has 2 atom stereocenters. The van der Waals surface area contributed by atoms with Gasteiger partial charge in [0.25, 0.3) is 0 Å². The van der Waals surface area contributed by atoms with Crippen molar-refractivity contribution in [1.82, 2.24) is 0 Å². The molecule has 0 amide bonds. The Labute approximate surface area is 252 Å². The van der Waals surface area contributed by atoms with Crippen molar-refractivity contribution < 1.29 is 5.11 Å². The lowest BCUT2D eigenvalue weighted by Gasteiger charge is -2.36. The van der Waals surface area contributed by atoms with Crippen LogP contribution in [0.5, 0.6) is 0 Å². The molecule has 1 nitrogen and oxygen atoms in total. The molecule has 1 heteroatoms. The molecule has 1 unspecified atom stereocenters. The molecule has 2 aliphatic carbocycles. The van der Waals surface area contributed by atoms with Gasteiger partial charge in [-0.2, -0.15) is 0 Å². The maximum absolute atomic E-state index is 10.1. The van der Waals surface area contributed by atoms with Gasteiger partial charge in [0.15, 0.2) is 0 Å². The largest absolute Gasteiger partial charge is 0.393 e. The number of allylic oxidation sites excluding steroid dienone is 21. The molecule has 41 heavy (non-hydrogen) atoms. The SMILES string of the molecule is CC1=CCCC(C)(C)C1/C=C/C(C)=C/C=C/C(C)=C/C=C/C=C(C)/C=C/C=C(C)/C=C/C1=C(C)C[C@@H](O)CC1(C)C. The van der Waals surface area contributed by atoms with Crippen LogP contribution < -0.4 is 0 Å². The molecule has 0 fully saturated rings. The molecule has 222 valence electrons. The van der Waals surface area contributed by atoms with E-state index in [9.17, 15) is 5.11 Å². The molecule has 0 saturated carbocycles. The van der Waals surface area contributed by atoms with Gasteiger partial charge < -0.3 is 5.11 Å². The van der Waals surface area contributed by atoms with E-state index in [1.54, 1.807) is 0 Å². The summed E-state index contributed by atoms with van der Waals surface area (Å²) in [6.45, 7) is 22.2. The number of aliphatic hydroxyl groups is 1. The quantitative estimate of drug-likeness (QED) is 0.211. The van der Waals surface area contributed by atoms with Crippen molar-refractivity contribution in [2.45, 2.75) is 101 Å². The lowest BCUT2D eigenvalue weighted by atomic mass is 9.68. The maximum Gasteiger partial charge on any atom is 0.0585 e. The molecule has 0 radical (unpaired) electrons. The third-order valence-electron chi connectivity index (χ3n) is 8.39. The zero-order chi connectivity index (χ0) is 30.6. The predicted octanol–water partition coefficient (Wildman–Crippen LogP) is 11.4. The van der Waals surface area contributed by atoms with Crippen molar-refractivity contribution in [1.29, 1.82) is 0 Å². The maximum atomic E-state index is 10.1. The van der Waals surface area contributed by atoms with Gasteiger partial charge in [-0.05, 0) is 83.6 Å². The second kappa shape index (κ2) is 15.9. The van der Waals surface area contributed by atoms with Crippen LogP contribution in [-0.4, -0.2) is 11.2 Å². The van der Waals surface area contributed by atoms with Crippen molar-refractivity contribution in [3.63, 3.8) is 0 Å². The Morgan fingerprint density at radius 1 is 0.756 bits per heavy atom. The fourth-order valence-corrected chi connectivity index (χ4v) is 5.97. The molecule has 0 bridgehead atoms. The van der Waals surface area contributed by atoms with Crippen LogP contribution in [-0.2, 0) is 0 Å². The van der Waals surface area contributed by atoms with E-state index >= 15 is 0 Å². The smallest absolute Gasteiger partial charge is 0.0585 e. The Hall–Kier alpha value is -2.90. The summed E-state index contributed by atoms with van der Waals surface area (Å²) in [6, 6.07) is 0. The minimum absolute atomic E-state index is 0.0126. The van der Waals surface area contributed by atoms with Crippen molar-refractivity contribution in [2.75, 3.05) is 0 Å². The monoisotopic (exact) mass is 552 g/mol. The Bertz CT molecular complexity index is 1240. The molecule has 1 N–H and O–H groups in total. The van der Waals surface area contributed by atoms with Crippen LogP contribution in [0.1, 0.15) is 94.9 Å². The van der Waals surface area contributed by atoms with Crippen LogP contribution in [0.3, 0.4) is 0 Å². The van der Waals surface area contributed by atoms with Gasteiger partial charge in [-0.3, -0.25) is 0 Å². The van der Waals surface area contributed by atoms with Gasteiger partial charge in [0.05, 0.1) is 6.10 Å². The van der Waals surface area contributed by atoms with E-state index in [0.717, 1.165) is 12.8 Å². The Balaban J connectivity index is 1.89. The third kappa shape index (κ3) is 11.9. The average molecular weight is 553 g/mol. The highest BCUT2D eigenvalue weighted by Crippen LogP contribution is 2.42. The van der Waals surface area contributed by atoms with Gasteiger partial charge in [-0.15, -0.1) is 0 Å². The highest BCUT2D eigenvalue weighted by atomic mass is 16.3. The molecule has 2 aliphatic rings. The molecule has 0 spiro atoms. The average Bonchev–Trinajstić information content (AvgIpc) is 2.84. The first-order chi connectivity index (χ1) is 19.2. The van der Waals surface area contributed by atoms with Crippen molar-refractivity contribution in [2.24, 2.45) is 16.7 Å². The van der Waals surface area contributed by atoms with Crippen LogP contribution >= 0.6 is 0 Å². The van der Waals surface area contributed by atoms with E-state index in [-0.39, 0.29) is 11.5 Å². The molecular formula is C40H56O. The first-order valence-corrected chi connectivity index (χ1v) is 15.3. The molecule has 0 aromatic carbocycles. The highest BCUT2D eigenvalue weighted by molar-refractivity contribution is 5.38. The standard InChI is InChI=1S/C40H56O/c1-30(18-13-20-32(3)23-25-37-34(5)22-15-27-39(37,7)8)16-11-12-17-31(2)19-14-21-33(4)24-26-38-35(6)28-36(41)29-40(38,9)10/h11-14,16-26,36-37,41H,15,27-29H2,1-10H3/b12-11+,18-13+,19-14+,25-23+,26-24+,30-16+,31-17+,32-20+,33-21+/t36-,37?/m1/s1. The Morgan fingerprint density at radius 3 is 1.80 bits per heavy atom. The second-order valence-corrected chi connectivity index (χ2v) is 13.5. The van der Waals surface area contributed by atoms with Gasteiger partial charge in [0.2, 0.25) is 0 Å². The van der Waals surface area contributed by atoms with E-state index < -0.39 is 0 Å². The van der Waals surface area contributed by atoms with Crippen LogP contribution in [0.15, 0.2) is 130 Å². The molecule has 0 aromatic heterocycles. The highest BCUT2D eigenvalue weighted by Gasteiger charge is 2.31. The summed E-state index contributed by atoms with van der Waals surface area (Å²) in [5.74, 6) is 0.524. The van der Waals surface area contributed by atoms with Gasteiger partial charge >= 0.3 is 0 Å². The summed E-state index contributed by atoms with van der Waals surface area (Å²) < 4.78 is 0. The zero-order valence-electron chi connectivity index (χ0n) is 27.6.